The highest BCUT2D eigenvalue weighted by Crippen LogP contribution is 2.28. The van der Waals surface area contributed by atoms with E-state index >= 15 is 0 Å². The van der Waals surface area contributed by atoms with Crippen LogP contribution in [-0.2, 0) is 17.8 Å². The summed E-state index contributed by atoms with van der Waals surface area (Å²) >= 11 is 0. The van der Waals surface area contributed by atoms with Crippen molar-refractivity contribution in [1.29, 1.82) is 0 Å². The van der Waals surface area contributed by atoms with Crippen LogP contribution in [0.3, 0.4) is 0 Å². The number of aromatic nitrogens is 5. The van der Waals surface area contributed by atoms with Crippen molar-refractivity contribution in [3.05, 3.63) is 30.1 Å². The van der Waals surface area contributed by atoms with Crippen LogP contribution in [0.4, 0.5) is 5.95 Å². The molecule has 1 aliphatic carbocycles. The molecule has 8 heteroatoms. The summed E-state index contributed by atoms with van der Waals surface area (Å²) in [5, 5.41) is 6.98. The van der Waals surface area contributed by atoms with Gasteiger partial charge in [0.15, 0.2) is 0 Å². The maximum Gasteiger partial charge on any atom is 0.242 e. The van der Waals surface area contributed by atoms with E-state index in [0.29, 0.717) is 5.95 Å². The van der Waals surface area contributed by atoms with Gasteiger partial charge >= 0.3 is 0 Å². The number of carbonyl (C=O) groups is 1. The van der Waals surface area contributed by atoms with Crippen LogP contribution >= 0.6 is 0 Å². The third-order valence-electron chi connectivity index (χ3n) is 3.68. The van der Waals surface area contributed by atoms with Gasteiger partial charge in [0.25, 0.3) is 0 Å². The van der Waals surface area contributed by atoms with E-state index < -0.39 is 0 Å². The molecule has 0 saturated heterocycles. The smallest absolute Gasteiger partial charge is 0.242 e. The fraction of sp³-hybridized carbons (Fsp3) is 0.500. The van der Waals surface area contributed by atoms with Gasteiger partial charge in [-0.2, -0.15) is 5.10 Å². The fourth-order valence-corrected chi connectivity index (χ4v) is 2.60. The molecule has 1 amide bonds. The normalized spacial score (nSPS) is 16.9. The number of carbonyl (C=O) groups excluding carboxylic acids is 1. The molecular formula is C14H19N7O. The van der Waals surface area contributed by atoms with Crippen LogP contribution in [0, 0.1) is 0 Å². The Morgan fingerprint density at radius 1 is 1.50 bits per heavy atom. The lowest BCUT2D eigenvalue weighted by Crippen LogP contribution is -2.34. The summed E-state index contributed by atoms with van der Waals surface area (Å²) in [6, 6.07) is -0.0315. The van der Waals surface area contributed by atoms with Crippen molar-refractivity contribution in [2.24, 2.45) is 0 Å². The summed E-state index contributed by atoms with van der Waals surface area (Å²) in [5.41, 5.74) is 2.04. The first-order valence-electron chi connectivity index (χ1n) is 7.28. The van der Waals surface area contributed by atoms with E-state index in [1.807, 2.05) is 25.2 Å². The Morgan fingerprint density at radius 3 is 3.09 bits per heavy atom. The molecule has 1 aliphatic rings. The number of hydrogen-bond acceptors (Lipinski definition) is 6. The summed E-state index contributed by atoms with van der Waals surface area (Å²) in [4.78, 5) is 26.8. The van der Waals surface area contributed by atoms with Crippen LogP contribution in [0.25, 0.3) is 0 Å². The summed E-state index contributed by atoms with van der Waals surface area (Å²) < 4.78 is 1.50. The number of nitrogens with one attached hydrogen (secondary N) is 1. The molecule has 0 spiro atoms. The Hall–Kier alpha value is -2.51. The van der Waals surface area contributed by atoms with Crippen molar-refractivity contribution in [3.8, 4) is 0 Å². The number of rotatable bonds is 4. The molecule has 2 aromatic rings. The Morgan fingerprint density at radius 2 is 2.36 bits per heavy atom. The van der Waals surface area contributed by atoms with Crippen LogP contribution in [-0.4, -0.2) is 44.7 Å². The van der Waals surface area contributed by atoms with Gasteiger partial charge in [-0.05, 0) is 19.3 Å². The average molecular weight is 301 g/mol. The van der Waals surface area contributed by atoms with Crippen molar-refractivity contribution < 1.29 is 4.79 Å². The van der Waals surface area contributed by atoms with Gasteiger partial charge in [0, 0.05) is 25.9 Å². The molecular weight excluding hydrogens is 282 g/mol. The molecule has 0 radical (unpaired) electrons. The molecule has 1 N–H and O–H groups in total. The number of hydrogen-bond donors (Lipinski definition) is 1. The lowest BCUT2D eigenvalue weighted by atomic mass is 9.92. The van der Waals surface area contributed by atoms with E-state index in [4.69, 9.17) is 0 Å². The molecule has 2 heterocycles. The lowest BCUT2D eigenvalue weighted by Gasteiger charge is -2.26. The minimum absolute atomic E-state index is 0.0315. The highest BCUT2D eigenvalue weighted by molar-refractivity contribution is 5.76. The second-order valence-corrected chi connectivity index (χ2v) is 5.57. The first-order chi connectivity index (χ1) is 10.6. The van der Waals surface area contributed by atoms with E-state index in [1.54, 1.807) is 0 Å². The molecule has 1 atom stereocenters. The standard InChI is InChI=1S/C14H19N7O/c1-20(2)14-16-6-10-11(4-3-5-12(10)19-14)18-13(22)7-21-9-15-8-17-21/h6,8-9,11H,3-5,7H2,1-2H3,(H,18,22)/t11-/m0/s1. The van der Waals surface area contributed by atoms with Gasteiger partial charge in [-0.1, -0.05) is 0 Å². The third kappa shape index (κ3) is 3.05. The average Bonchev–Trinajstić information content (AvgIpc) is 2.99. The van der Waals surface area contributed by atoms with Crippen LogP contribution in [0.2, 0.25) is 0 Å². The number of nitrogens with zero attached hydrogens (tertiary/aromatic N) is 6. The number of anilines is 1. The third-order valence-corrected chi connectivity index (χ3v) is 3.68. The maximum absolute atomic E-state index is 12.1. The topological polar surface area (TPSA) is 88.8 Å². The molecule has 0 bridgehead atoms. The SMILES string of the molecule is CN(C)c1ncc2c(n1)CCC[C@@H]2NC(=O)Cn1cncn1. The van der Waals surface area contributed by atoms with Crippen LogP contribution in [0.15, 0.2) is 18.9 Å². The van der Waals surface area contributed by atoms with Gasteiger partial charge in [0.2, 0.25) is 11.9 Å². The Bertz CT molecular complexity index is 653. The van der Waals surface area contributed by atoms with Gasteiger partial charge in [-0.25, -0.2) is 19.6 Å². The van der Waals surface area contributed by atoms with Crippen LogP contribution < -0.4 is 10.2 Å². The zero-order valence-electron chi connectivity index (χ0n) is 12.7. The zero-order chi connectivity index (χ0) is 15.5. The lowest BCUT2D eigenvalue weighted by molar-refractivity contribution is -0.122. The van der Waals surface area contributed by atoms with E-state index in [2.05, 4.69) is 25.4 Å². The molecule has 22 heavy (non-hydrogen) atoms. The van der Waals surface area contributed by atoms with Gasteiger partial charge < -0.3 is 10.2 Å². The molecule has 0 fully saturated rings. The van der Waals surface area contributed by atoms with E-state index in [0.717, 1.165) is 30.5 Å². The quantitative estimate of drug-likeness (QED) is 0.875. The Balaban J connectivity index is 1.72. The highest BCUT2D eigenvalue weighted by atomic mass is 16.2. The van der Waals surface area contributed by atoms with E-state index in [9.17, 15) is 4.79 Å². The summed E-state index contributed by atoms with van der Waals surface area (Å²) in [7, 11) is 3.84. The van der Waals surface area contributed by atoms with E-state index in [-0.39, 0.29) is 18.5 Å². The summed E-state index contributed by atoms with van der Waals surface area (Å²) in [5.74, 6) is 0.619. The first kappa shape index (κ1) is 14.4. The van der Waals surface area contributed by atoms with Crippen molar-refractivity contribution in [2.45, 2.75) is 31.8 Å². The number of fused-ring (bicyclic) bond motifs is 1. The fourth-order valence-electron chi connectivity index (χ4n) is 2.60. The summed E-state index contributed by atoms with van der Waals surface area (Å²) in [6.45, 7) is 0.169. The van der Waals surface area contributed by atoms with Gasteiger partial charge in [0.1, 0.15) is 19.2 Å². The maximum atomic E-state index is 12.1. The molecule has 0 saturated carbocycles. The molecule has 0 aliphatic heterocycles. The van der Waals surface area contributed by atoms with Gasteiger partial charge in [-0.3, -0.25) is 4.79 Å². The zero-order valence-corrected chi connectivity index (χ0v) is 12.7. The molecule has 8 nitrogen and oxygen atoms in total. The van der Waals surface area contributed by atoms with Crippen molar-refractivity contribution in [3.63, 3.8) is 0 Å². The first-order valence-corrected chi connectivity index (χ1v) is 7.28. The molecule has 0 unspecified atom stereocenters. The summed E-state index contributed by atoms with van der Waals surface area (Å²) in [6.07, 6.45) is 7.61. The predicted octanol–water partition coefficient (Wildman–Crippen LogP) is 0.328. The minimum atomic E-state index is -0.0833. The molecule has 2 aromatic heterocycles. The number of aryl methyl sites for hydroxylation is 1. The second kappa shape index (κ2) is 6.08. The number of amides is 1. The molecule has 0 aromatic carbocycles. The Labute approximate surface area is 128 Å². The van der Waals surface area contributed by atoms with Crippen molar-refractivity contribution >= 4 is 11.9 Å². The molecule has 116 valence electrons. The van der Waals surface area contributed by atoms with Crippen molar-refractivity contribution in [2.75, 3.05) is 19.0 Å². The van der Waals surface area contributed by atoms with E-state index in [1.165, 1.54) is 17.3 Å². The minimum Gasteiger partial charge on any atom is -0.348 e. The van der Waals surface area contributed by atoms with Gasteiger partial charge in [-0.15, -0.1) is 0 Å². The largest absolute Gasteiger partial charge is 0.348 e. The second-order valence-electron chi connectivity index (χ2n) is 5.57. The highest BCUT2D eigenvalue weighted by Gasteiger charge is 2.24. The monoisotopic (exact) mass is 301 g/mol. The van der Waals surface area contributed by atoms with Crippen LogP contribution in [0.5, 0.6) is 0 Å². The predicted molar refractivity (Wildman–Crippen MR) is 80.2 cm³/mol. The van der Waals surface area contributed by atoms with Crippen molar-refractivity contribution in [1.82, 2.24) is 30.0 Å². The molecule has 3 rings (SSSR count). The Kier molecular flexibility index (Phi) is 3.99. The van der Waals surface area contributed by atoms with Crippen LogP contribution in [0.1, 0.15) is 30.1 Å². The van der Waals surface area contributed by atoms with Gasteiger partial charge in [0.05, 0.1) is 11.7 Å².